The standard InChI is InChI=1S/C16H21N5O2/c1-12-14(13(2)23-19-12)4-5-15(22)20-8-10-21(11-9-20)16-17-6-3-7-18-16/h3,6-7H,4-5,8-11H2,1-2H3. The molecule has 7 heteroatoms. The zero-order chi connectivity index (χ0) is 16.2. The summed E-state index contributed by atoms with van der Waals surface area (Å²) in [5.74, 6) is 1.72. The highest BCUT2D eigenvalue weighted by molar-refractivity contribution is 5.76. The molecule has 1 fully saturated rings. The van der Waals surface area contributed by atoms with E-state index in [1.807, 2.05) is 18.7 Å². The van der Waals surface area contributed by atoms with Gasteiger partial charge in [0.2, 0.25) is 11.9 Å². The van der Waals surface area contributed by atoms with Gasteiger partial charge in [-0.1, -0.05) is 5.16 Å². The van der Waals surface area contributed by atoms with Crippen molar-refractivity contribution in [2.45, 2.75) is 26.7 Å². The van der Waals surface area contributed by atoms with Gasteiger partial charge in [-0.05, 0) is 26.3 Å². The van der Waals surface area contributed by atoms with Gasteiger partial charge < -0.3 is 14.3 Å². The van der Waals surface area contributed by atoms with Crippen molar-refractivity contribution >= 4 is 11.9 Å². The lowest BCUT2D eigenvalue weighted by molar-refractivity contribution is -0.131. The lowest BCUT2D eigenvalue weighted by Crippen LogP contribution is -2.49. The Morgan fingerprint density at radius 1 is 1.17 bits per heavy atom. The fraction of sp³-hybridized carbons (Fsp3) is 0.500. The van der Waals surface area contributed by atoms with Crippen LogP contribution in [0.1, 0.15) is 23.4 Å². The van der Waals surface area contributed by atoms with E-state index in [0.717, 1.165) is 36.1 Å². The van der Waals surface area contributed by atoms with Crippen LogP contribution in [0.25, 0.3) is 0 Å². The summed E-state index contributed by atoms with van der Waals surface area (Å²) >= 11 is 0. The number of aromatic nitrogens is 3. The second kappa shape index (κ2) is 6.76. The Balaban J connectivity index is 1.50. The number of amides is 1. The van der Waals surface area contributed by atoms with Crippen molar-refractivity contribution in [1.82, 2.24) is 20.0 Å². The number of hydrogen-bond donors (Lipinski definition) is 0. The Hall–Kier alpha value is -2.44. The Kier molecular flexibility index (Phi) is 4.55. The third-order valence-electron chi connectivity index (χ3n) is 4.24. The summed E-state index contributed by atoms with van der Waals surface area (Å²) < 4.78 is 5.14. The second-order valence-electron chi connectivity index (χ2n) is 5.72. The molecule has 0 atom stereocenters. The number of rotatable bonds is 4. The highest BCUT2D eigenvalue weighted by Gasteiger charge is 2.22. The highest BCUT2D eigenvalue weighted by atomic mass is 16.5. The van der Waals surface area contributed by atoms with Crippen molar-refractivity contribution in [2.24, 2.45) is 0 Å². The minimum absolute atomic E-state index is 0.179. The molecule has 0 unspecified atom stereocenters. The quantitative estimate of drug-likeness (QED) is 0.848. The Morgan fingerprint density at radius 2 is 1.87 bits per heavy atom. The van der Waals surface area contributed by atoms with Gasteiger partial charge in [0.05, 0.1) is 5.69 Å². The molecule has 0 bridgehead atoms. The summed E-state index contributed by atoms with van der Waals surface area (Å²) in [5, 5.41) is 3.93. The predicted octanol–water partition coefficient (Wildman–Crippen LogP) is 1.36. The van der Waals surface area contributed by atoms with Crippen LogP contribution < -0.4 is 4.90 Å². The average Bonchev–Trinajstić information content (AvgIpc) is 2.92. The number of carbonyl (C=O) groups is 1. The molecule has 0 saturated carbocycles. The summed E-state index contributed by atoms with van der Waals surface area (Å²) in [6.07, 6.45) is 4.65. The van der Waals surface area contributed by atoms with E-state index in [1.54, 1.807) is 18.5 Å². The van der Waals surface area contributed by atoms with Crippen molar-refractivity contribution in [2.75, 3.05) is 31.1 Å². The molecule has 0 N–H and O–H groups in total. The SMILES string of the molecule is Cc1noc(C)c1CCC(=O)N1CCN(c2ncccn2)CC1. The first-order valence-electron chi connectivity index (χ1n) is 7.86. The number of carbonyl (C=O) groups excluding carboxylic acids is 1. The largest absolute Gasteiger partial charge is 0.361 e. The van der Waals surface area contributed by atoms with E-state index in [9.17, 15) is 4.79 Å². The molecule has 0 spiro atoms. The molecule has 3 heterocycles. The van der Waals surface area contributed by atoms with Gasteiger partial charge in [0.1, 0.15) is 5.76 Å². The van der Waals surface area contributed by atoms with Crippen molar-refractivity contribution in [3.8, 4) is 0 Å². The topological polar surface area (TPSA) is 75.4 Å². The van der Waals surface area contributed by atoms with Crippen LogP contribution in [0.2, 0.25) is 0 Å². The maximum atomic E-state index is 12.4. The molecule has 0 radical (unpaired) electrons. The van der Waals surface area contributed by atoms with Crippen LogP contribution in [0.3, 0.4) is 0 Å². The van der Waals surface area contributed by atoms with Crippen molar-refractivity contribution in [1.29, 1.82) is 0 Å². The number of nitrogens with zero attached hydrogens (tertiary/aromatic N) is 5. The van der Waals surface area contributed by atoms with E-state index >= 15 is 0 Å². The van der Waals surface area contributed by atoms with Gasteiger partial charge in [0, 0.05) is 50.6 Å². The molecule has 1 saturated heterocycles. The second-order valence-corrected chi connectivity index (χ2v) is 5.72. The molecule has 23 heavy (non-hydrogen) atoms. The molecule has 3 rings (SSSR count). The Bertz CT molecular complexity index is 643. The van der Waals surface area contributed by atoms with Crippen molar-refractivity contribution in [3.63, 3.8) is 0 Å². The lowest BCUT2D eigenvalue weighted by atomic mass is 10.1. The summed E-state index contributed by atoms with van der Waals surface area (Å²) in [4.78, 5) is 24.9. The Morgan fingerprint density at radius 3 is 2.48 bits per heavy atom. The lowest BCUT2D eigenvalue weighted by Gasteiger charge is -2.34. The third-order valence-corrected chi connectivity index (χ3v) is 4.24. The van der Waals surface area contributed by atoms with E-state index in [-0.39, 0.29) is 5.91 Å². The number of aryl methyl sites for hydroxylation is 2. The van der Waals surface area contributed by atoms with Gasteiger partial charge in [-0.25, -0.2) is 9.97 Å². The van der Waals surface area contributed by atoms with E-state index in [4.69, 9.17) is 4.52 Å². The van der Waals surface area contributed by atoms with Gasteiger partial charge in [0.25, 0.3) is 0 Å². The minimum atomic E-state index is 0.179. The number of piperazine rings is 1. The third kappa shape index (κ3) is 3.49. The Labute approximate surface area is 135 Å². The van der Waals surface area contributed by atoms with Crippen LogP contribution >= 0.6 is 0 Å². The first-order chi connectivity index (χ1) is 11.1. The molecule has 1 aliphatic rings. The van der Waals surface area contributed by atoms with E-state index in [2.05, 4.69) is 20.0 Å². The molecule has 0 aromatic carbocycles. The van der Waals surface area contributed by atoms with E-state index < -0.39 is 0 Å². The number of anilines is 1. The predicted molar refractivity (Wildman–Crippen MR) is 85.1 cm³/mol. The zero-order valence-corrected chi connectivity index (χ0v) is 13.5. The van der Waals surface area contributed by atoms with Crippen LogP contribution in [-0.2, 0) is 11.2 Å². The van der Waals surface area contributed by atoms with E-state index in [1.165, 1.54) is 0 Å². The minimum Gasteiger partial charge on any atom is -0.361 e. The van der Waals surface area contributed by atoms with Gasteiger partial charge in [-0.15, -0.1) is 0 Å². The van der Waals surface area contributed by atoms with Crippen molar-refractivity contribution in [3.05, 3.63) is 35.5 Å². The molecule has 2 aromatic rings. The van der Waals surface area contributed by atoms with Crippen LogP contribution in [0, 0.1) is 13.8 Å². The molecule has 2 aromatic heterocycles. The summed E-state index contributed by atoms with van der Waals surface area (Å²) in [7, 11) is 0. The van der Waals surface area contributed by atoms with Crippen LogP contribution in [0.15, 0.2) is 23.0 Å². The van der Waals surface area contributed by atoms with Gasteiger partial charge in [0.15, 0.2) is 0 Å². The van der Waals surface area contributed by atoms with Gasteiger partial charge >= 0.3 is 0 Å². The summed E-state index contributed by atoms with van der Waals surface area (Å²) in [5.41, 5.74) is 1.93. The zero-order valence-electron chi connectivity index (χ0n) is 13.5. The molecule has 1 aliphatic heterocycles. The normalized spacial score (nSPS) is 15.0. The molecule has 0 aliphatic carbocycles. The van der Waals surface area contributed by atoms with Crippen LogP contribution in [-0.4, -0.2) is 52.1 Å². The average molecular weight is 315 g/mol. The first-order valence-corrected chi connectivity index (χ1v) is 7.86. The molecule has 7 nitrogen and oxygen atoms in total. The molecule has 122 valence electrons. The number of hydrogen-bond acceptors (Lipinski definition) is 6. The molecule has 1 amide bonds. The van der Waals surface area contributed by atoms with E-state index in [0.29, 0.717) is 25.9 Å². The highest BCUT2D eigenvalue weighted by Crippen LogP contribution is 2.16. The summed E-state index contributed by atoms with van der Waals surface area (Å²) in [6, 6.07) is 1.80. The van der Waals surface area contributed by atoms with Crippen molar-refractivity contribution < 1.29 is 9.32 Å². The molecular weight excluding hydrogens is 294 g/mol. The monoisotopic (exact) mass is 315 g/mol. The maximum absolute atomic E-state index is 12.4. The first kappa shape index (κ1) is 15.5. The van der Waals surface area contributed by atoms with Gasteiger partial charge in [-0.2, -0.15) is 0 Å². The smallest absolute Gasteiger partial charge is 0.225 e. The van der Waals surface area contributed by atoms with Crippen LogP contribution in [0.4, 0.5) is 5.95 Å². The molecular formula is C16H21N5O2. The fourth-order valence-electron chi connectivity index (χ4n) is 2.86. The fourth-order valence-corrected chi connectivity index (χ4v) is 2.86. The van der Waals surface area contributed by atoms with Gasteiger partial charge in [-0.3, -0.25) is 4.79 Å². The summed E-state index contributed by atoms with van der Waals surface area (Å²) in [6.45, 7) is 6.74. The maximum Gasteiger partial charge on any atom is 0.225 e. The van der Waals surface area contributed by atoms with Crippen LogP contribution in [0.5, 0.6) is 0 Å².